The zero-order valence-corrected chi connectivity index (χ0v) is 22.9. The summed E-state index contributed by atoms with van der Waals surface area (Å²) in [6, 6.07) is 16.1. The zero-order valence-electron chi connectivity index (χ0n) is 22.9. The smallest absolute Gasteiger partial charge is 0.254 e. The van der Waals surface area contributed by atoms with Crippen LogP contribution in [-0.2, 0) is 18.4 Å². The number of likely N-dealkylation sites (tertiary alicyclic amines) is 1. The molecule has 3 heterocycles. The molecule has 2 fully saturated rings. The van der Waals surface area contributed by atoms with Gasteiger partial charge in [-0.1, -0.05) is 38.1 Å². The third-order valence-electron chi connectivity index (χ3n) is 9.74. The highest BCUT2D eigenvalue weighted by Crippen LogP contribution is 2.52. The van der Waals surface area contributed by atoms with E-state index in [-0.39, 0.29) is 41.1 Å². The van der Waals surface area contributed by atoms with E-state index < -0.39 is 6.10 Å². The number of rotatable bonds is 4. The third kappa shape index (κ3) is 4.74. The van der Waals surface area contributed by atoms with Crippen molar-refractivity contribution in [3.8, 4) is 6.07 Å². The summed E-state index contributed by atoms with van der Waals surface area (Å²) in [6.07, 6.45) is 3.92. The Bertz CT molecular complexity index is 1330. The van der Waals surface area contributed by atoms with E-state index in [1.54, 1.807) is 17.0 Å². The van der Waals surface area contributed by atoms with Gasteiger partial charge in [0.2, 0.25) is 0 Å². The SMILES string of the molecule is CC1(C)CN(C[C@@H](O)[C@@H]2Cc3ccccc3CN2)C(=O)c2ccc(C(=O)N3CCC4(CC3)CC(C#N)C4)cc21. The summed E-state index contributed by atoms with van der Waals surface area (Å²) in [5.74, 6) is 0.119. The van der Waals surface area contributed by atoms with Gasteiger partial charge in [-0.15, -0.1) is 0 Å². The Morgan fingerprint density at radius 2 is 1.87 bits per heavy atom. The first-order valence-electron chi connectivity index (χ1n) is 14.3. The van der Waals surface area contributed by atoms with Gasteiger partial charge in [0.05, 0.1) is 12.2 Å². The number of carbonyl (C=O) groups is 2. The highest BCUT2D eigenvalue weighted by atomic mass is 16.3. The van der Waals surface area contributed by atoms with E-state index in [1.807, 2.05) is 23.1 Å². The molecule has 204 valence electrons. The third-order valence-corrected chi connectivity index (χ3v) is 9.74. The zero-order chi connectivity index (χ0) is 27.4. The summed E-state index contributed by atoms with van der Waals surface area (Å²) in [6.45, 7) is 7.13. The minimum atomic E-state index is -0.679. The molecule has 2 aromatic rings. The van der Waals surface area contributed by atoms with E-state index in [4.69, 9.17) is 5.26 Å². The normalized spacial score (nSPS) is 24.4. The number of aliphatic hydroxyl groups is 1. The van der Waals surface area contributed by atoms with Crippen molar-refractivity contribution >= 4 is 11.8 Å². The van der Waals surface area contributed by atoms with Crippen LogP contribution >= 0.6 is 0 Å². The highest BCUT2D eigenvalue weighted by molar-refractivity contribution is 6.00. The Kier molecular flexibility index (Phi) is 6.52. The van der Waals surface area contributed by atoms with Gasteiger partial charge in [0.25, 0.3) is 11.8 Å². The van der Waals surface area contributed by atoms with Crippen LogP contribution in [0.15, 0.2) is 42.5 Å². The number of hydrogen-bond donors (Lipinski definition) is 2. The molecule has 2 aromatic carbocycles. The first-order chi connectivity index (χ1) is 18.7. The van der Waals surface area contributed by atoms with Crippen LogP contribution in [0, 0.1) is 22.7 Å². The van der Waals surface area contributed by atoms with E-state index in [2.05, 4.69) is 37.4 Å². The fraction of sp³-hybridized carbons (Fsp3) is 0.531. The highest BCUT2D eigenvalue weighted by Gasteiger charge is 2.46. The van der Waals surface area contributed by atoms with Gasteiger partial charge in [0.1, 0.15) is 0 Å². The molecule has 0 radical (unpaired) electrons. The predicted octanol–water partition coefficient (Wildman–Crippen LogP) is 3.65. The first kappa shape index (κ1) is 26.0. The van der Waals surface area contributed by atoms with Crippen molar-refractivity contribution < 1.29 is 14.7 Å². The van der Waals surface area contributed by atoms with Gasteiger partial charge < -0.3 is 20.2 Å². The van der Waals surface area contributed by atoms with Gasteiger partial charge >= 0.3 is 0 Å². The van der Waals surface area contributed by atoms with Crippen LogP contribution in [0.5, 0.6) is 0 Å². The number of piperidine rings is 1. The fourth-order valence-electron chi connectivity index (χ4n) is 7.33. The average molecular weight is 527 g/mol. The van der Waals surface area contributed by atoms with Crippen LogP contribution in [0.25, 0.3) is 0 Å². The van der Waals surface area contributed by atoms with Crippen LogP contribution < -0.4 is 5.32 Å². The molecule has 2 N–H and O–H groups in total. The summed E-state index contributed by atoms with van der Waals surface area (Å²) < 4.78 is 0. The topological polar surface area (TPSA) is 96.7 Å². The molecule has 7 nitrogen and oxygen atoms in total. The second-order valence-electron chi connectivity index (χ2n) is 12.9. The summed E-state index contributed by atoms with van der Waals surface area (Å²) in [4.78, 5) is 30.7. The van der Waals surface area contributed by atoms with Crippen LogP contribution in [0.2, 0.25) is 0 Å². The fourth-order valence-corrected chi connectivity index (χ4v) is 7.33. The Hall–Kier alpha value is -3.21. The van der Waals surface area contributed by atoms with Gasteiger partial charge in [-0.3, -0.25) is 9.59 Å². The summed E-state index contributed by atoms with van der Waals surface area (Å²) >= 11 is 0. The Morgan fingerprint density at radius 1 is 1.15 bits per heavy atom. The molecule has 2 amide bonds. The van der Waals surface area contributed by atoms with Crippen LogP contribution in [0.4, 0.5) is 0 Å². The van der Waals surface area contributed by atoms with Crippen LogP contribution in [0.3, 0.4) is 0 Å². The lowest BCUT2D eigenvalue weighted by Crippen LogP contribution is -2.54. The first-order valence-corrected chi connectivity index (χ1v) is 14.3. The van der Waals surface area contributed by atoms with Crippen molar-refractivity contribution in [1.29, 1.82) is 5.26 Å². The average Bonchev–Trinajstić information content (AvgIpc) is 2.93. The molecule has 3 aliphatic heterocycles. The van der Waals surface area contributed by atoms with Gasteiger partial charge in [0, 0.05) is 61.2 Å². The second kappa shape index (κ2) is 9.76. The number of fused-ring (bicyclic) bond motifs is 2. The standard InChI is InChI=1S/C32H38N4O3/c1-31(2)20-36(19-28(37)27-14-22-5-3-4-6-24(22)18-34-27)30(39)25-8-7-23(13-26(25)31)29(38)35-11-9-32(10-12-35)15-21(16-32)17-33/h3-8,13,21,27-28,34,37H,9-12,14-16,18-20H2,1-2H3/t27-,28+/m0/s1. The van der Waals surface area contributed by atoms with Crippen LogP contribution in [0.1, 0.15) is 76.9 Å². The molecule has 0 bridgehead atoms. The number of benzene rings is 2. The predicted molar refractivity (Wildman–Crippen MR) is 148 cm³/mol. The minimum absolute atomic E-state index is 0.0218. The van der Waals surface area contributed by atoms with Gasteiger partial charge in [-0.2, -0.15) is 5.26 Å². The lowest BCUT2D eigenvalue weighted by Gasteiger charge is -2.50. The molecule has 1 spiro atoms. The van der Waals surface area contributed by atoms with Crippen molar-refractivity contribution in [2.75, 3.05) is 26.2 Å². The van der Waals surface area contributed by atoms with Crippen molar-refractivity contribution in [1.82, 2.24) is 15.1 Å². The molecule has 1 saturated heterocycles. The molecule has 1 saturated carbocycles. The number of nitriles is 1. The monoisotopic (exact) mass is 526 g/mol. The quantitative estimate of drug-likeness (QED) is 0.634. The maximum atomic E-state index is 13.5. The number of nitrogens with one attached hydrogen (secondary N) is 1. The molecule has 0 unspecified atom stereocenters. The van der Waals surface area contributed by atoms with Gasteiger partial charge in [-0.25, -0.2) is 0 Å². The van der Waals surface area contributed by atoms with E-state index >= 15 is 0 Å². The number of nitrogens with zero attached hydrogens (tertiary/aromatic N) is 3. The largest absolute Gasteiger partial charge is 0.390 e. The molecular weight excluding hydrogens is 488 g/mol. The number of hydrogen-bond acceptors (Lipinski definition) is 5. The Balaban J connectivity index is 1.13. The van der Waals surface area contributed by atoms with E-state index in [9.17, 15) is 14.7 Å². The van der Waals surface area contributed by atoms with E-state index in [1.165, 1.54) is 11.1 Å². The number of carbonyl (C=O) groups excluding carboxylic acids is 2. The molecule has 4 aliphatic rings. The molecule has 39 heavy (non-hydrogen) atoms. The van der Waals surface area contributed by atoms with Crippen molar-refractivity contribution in [2.24, 2.45) is 11.3 Å². The lowest BCUT2D eigenvalue weighted by molar-refractivity contribution is 0.00872. The summed E-state index contributed by atoms with van der Waals surface area (Å²) in [5.41, 5.74) is 4.56. The van der Waals surface area contributed by atoms with Crippen molar-refractivity contribution in [3.63, 3.8) is 0 Å². The Labute approximate surface area is 230 Å². The minimum Gasteiger partial charge on any atom is -0.390 e. The number of amides is 2. The molecule has 7 heteroatoms. The molecule has 2 atom stereocenters. The maximum Gasteiger partial charge on any atom is 0.254 e. The van der Waals surface area contributed by atoms with E-state index in [0.717, 1.165) is 57.3 Å². The molecule has 6 rings (SSSR count). The Morgan fingerprint density at radius 3 is 2.59 bits per heavy atom. The van der Waals surface area contributed by atoms with E-state index in [0.29, 0.717) is 17.7 Å². The van der Waals surface area contributed by atoms with Crippen molar-refractivity contribution in [2.45, 2.75) is 70.1 Å². The van der Waals surface area contributed by atoms with Gasteiger partial charge in [0.15, 0.2) is 0 Å². The number of aliphatic hydroxyl groups excluding tert-OH is 1. The second-order valence-corrected chi connectivity index (χ2v) is 12.9. The molecular formula is C32H38N4O3. The lowest BCUT2D eigenvalue weighted by atomic mass is 9.58. The summed E-state index contributed by atoms with van der Waals surface area (Å²) in [7, 11) is 0. The number of β-amino-alcohol motifs (C(OH)–C–C–N with tert-alkyl or cyclic N) is 1. The van der Waals surface area contributed by atoms with Crippen molar-refractivity contribution in [3.05, 3.63) is 70.3 Å². The summed E-state index contributed by atoms with van der Waals surface area (Å²) in [5, 5.41) is 23.7. The maximum absolute atomic E-state index is 13.5. The molecule has 0 aromatic heterocycles. The molecule has 1 aliphatic carbocycles. The van der Waals surface area contributed by atoms with Crippen LogP contribution in [-0.4, -0.2) is 65.0 Å². The van der Waals surface area contributed by atoms with Gasteiger partial charge in [-0.05, 0) is 72.4 Å².